The maximum Gasteiger partial charge on any atom is 0.339 e. The lowest BCUT2D eigenvalue weighted by molar-refractivity contribution is 0.252. The second kappa shape index (κ2) is 6.56. The minimum absolute atomic E-state index is 0.408. The fraction of sp³-hybridized carbons (Fsp3) is 0. The number of carbonyl (C=O) groups excluding carboxylic acids is 1. The molecule has 0 bridgehead atoms. The Morgan fingerprint density at radius 2 is 1.74 bits per heavy atom. The molecule has 5 heteroatoms. The van der Waals surface area contributed by atoms with Crippen LogP contribution >= 0.6 is 11.6 Å². The molecule has 0 aliphatic heterocycles. The zero-order chi connectivity index (χ0) is 13.5. The minimum atomic E-state index is -0.408. The molecule has 0 saturated carbocycles. The number of nitrogens with zero attached hydrogens (tertiary/aromatic N) is 1. The summed E-state index contributed by atoms with van der Waals surface area (Å²) in [6, 6.07) is 16.0. The van der Waals surface area contributed by atoms with Crippen molar-refractivity contribution < 1.29 is 4.79 Å². The number of hydrazone groups is 1. The van der Waals surface area contributed by atoms with Crippen molar-refractivity contribution >= 4 is 29.5 Å². The molecule has 2 rings (SSSR count). The number of hydrogen-bond donors (Lipinski definition) is 2. The quantitative estimate of drug-likeness (QED) is 0.653. The van der Waals surface area contributed by atoms with Gasteiger partial charge in [-0.2, -0.15) is 5.10 Å². The number of nitrogens with one attached hydrogen (secondary N) is 2. The Labute approximate surface area is 116 Å². The Kier molecular flexibility index (Phi) is 4.53. The van der Waals surface area contributed by atoms with Crippen molar-refractivity contribution in [3.8, 4) is 0 Å². The van der Waals surface area contributed by atoms with Crippen LogP contribution in [0.15, 0.2) is 59.7 Å². The molecule has 0 aromatic heterocycles. The predicted molar refractivity (Wildman–Crippen MR) is 77.6 cm³/mol. The average Bonchev–Trinajstić information content (AvgIpc) is 2.42. The number of benzene rings is 2. The minimum Gasteiger partial charge on any atom is -0.307 e. The summed E-state index contributed by atoms with van der Waals surface area (Å²) < 4.78 is 0. The fourth-order valence-electron chi connectivity index (χ4n) is 1.42. The van der Waals surface area contributed by atoms with Gasteiger partial charge >= 0.3 is 6.03 Å². The summed E-state index contributed by atoms with van der Waals surface area (Å²) in [6.45, 7) is 0. The van der Waals surface area contributed by atoms with Crippen LogP contribution in [0.2, 0.25) is 5.02 Å². The number of urea groups is 1. The molecule has 0 spiro atoms. The third-order valence-electron chi connectivity index (χ3n) is 2.31. The first-order valence-corrected chi connectivity index (χ1v) is 6.03. The summed E-state index contributed by atoms with van der Waals surface area (Å²) in [5.41, 5.74) is 3.81. The topological polar surface area (TPSA) is 53.5 Å². The summed E-state index contributed by atoms with van der Waals surface area (Å²) in [5.74, 6) is 0. The standard InChI is InChI=1S/C14H12ClN3O/c15-13-9-5-4-6-11(13)10-16-18-14(19)17-12-7-2-1-3-8-12/h1-10H,(H2,17,18,19)/b16-10-. The van der Waals surface area contributed by atoms with Crippen molar-refractivity contribution in [1.29, 1.82) is 0 Å². The van der Waals surface area contributed by atoms with Gasteiger partial charge in [-0.15, -0.1) is 0 Å². The molecule has 0 atom stereocenters. The van der Waals surface area contributed by atoms with Crippen LogP contribution in [0.3, 0.4) is 0 Å². The molecule has 2 N–H and O–H groups in total. The van der Waals surface area contributed by atoms with E-state index in [1.165, 1.54) is 6.21 Å². The van der Waals surface area contributed by atoms with Crippen LogP contribution in [-0.2, 0) is 0 Å². The molecule has 2 aromatic carbocycles. The highest BCUT2D eigenvalue weighted by molar-refractivity contribution is 6.33. The monoisotopic (exact) mass is 273 g/mol. The Morgan fingerprint density at radius 3 is 2.47 bits per heavy atom. The summed E-state index contributed by atoms with van der Waals surface area (Å²) in [7, 11) is 0. The molecule has 0 radical (unpaired) electrons. The molecule has 0 unspecified atom stereocenters. The van der Waals surface area contributed by atoms with Gasteiger partial charge in [0.15, 0.2) is 0 Å². The molecule has 0 aliphatic carbocycles. The maximum absolute atomic E-state index is 11.5. The first-order chi connectivity index (χ1) is 9.25. The lowest BCUT2D eigenvalue weighted by Crippen LogP contribution is -2.24. The highest BCUT2D eigenvalue weighted by Gasteiger charge is 1.99. The van der Waals surface area contributed by atoms with E-state index in [1.807, 2.05) is 36.4 Å². The summed E-state index contributed by atoms with van der Waals surface area (Å²) in [5, 5.41) is 7.05. The SMILES string of the molecule is O=C(N/N=C\c1ccccc1Cl)Nc1ccccc1. The average molecular weight is 274 g/mol. The van der Waals surface area contributed by atoms with Gasteiger partial charge in [-0.3, -0.25) is 0 Å². The van der Waals surface area contributed by atoms with Crippen molar-refractivity contribution in [1.82, 2.24) is 5.43 Å². The van der Waals surface area contributed by atoms with Gasteiger partial charge in [-0.1, -0.05) is 48.0 Å². The van der Waals surface area contributed by atoms with E-state index in [4.69, 9.17) is 11.6 Å². The molecule has 0 aliphatic rings. The van der Waals surface area contributed by atoms with Crippen molar-refractivity contribution in [2.24, 2.45) is 5.10 Å². The van der Waals surface area contributed by atoms with E-state index in [9.17, 15) is 4.79 Å². The molecule has 19 heavy (non-hydrogen) atoms. The number of carbonyl (C=O) groups is 1. The molecule has 2 aromatic rings. The number of hydrogen-bond acceptors (Lipinski definition) is 2. The third-order valence-corrected chi connectivity index (χ3v) is 2.65. The van der Waals surface area contributed by atoms with E-state index in [1.54, 1.807) is 18.2 Å². The van der Waals surface area contributed by atoms with Crippen LogP contribution in [0.25, 0.3) is 0 Å². The fourth-order valence-corrected chi connectivity index (χ4v) is 1.61. The van der Waals surface area contributed by atoms with Crippen LogP contribution in [0.4, 0.5) is 10.5 Å². The van der Waals surface area contributed by atoms with Crippen LogP contribution in [0.5, 0.6) is 0 Å². The van der Waals surface area contributed by atoms with Crippen molar-refractivity contribution in [3.63, 3.8) is 0 Å². The normalized spacial score (nSPS) is 10.4. The van der Waals surface area contributed by atoms with Gasteiger partial charge in [0.2, 0.25) is 0 Å². The second-order valence-corrected chi connectivity index (χ2v) is 4.12. The highest BCUT2D eigenvalue weighted by Crippen LogP contribution is 2.12. The smallest absolute Gasteiger partial charge is 0.307 e. The lowest BCUT2D eigenvalue weighted by Gasteiger charge is -2.03. The summed E-state index contributed by atoms with van der Waals surface area (Å²) >= 11 is 5.95. The van der Waals surface area contributed by atoms with E-state index in [0.717, 1.165) is 5.56 Å². The van der Waals surface area contributed by atoms with Gasteiger partial charge in [0.25, 0.3) is 0 Å². The second-order valence-electron chi connectivity index (χ2n) is 3.71. The molecule has 96 valence electrons. The number of amides is 2. The molecule has 2 amide bonds. The van der Waals surface area contributed by atoms with Crippen LogP contribution in [-0.4, -0.2) is 12.2 Å². The van der Waals surface area contributed by atoms with Gasteiger partial charge in [-0.05, 0) is 18.2 Å². The number of para-hydroxylation sites is 1. The molecular formula is C14H12ClN3O. The highest BCUT2D eigenvalue weighted by atomic mass is 35.5. The number of halogens is 1. The first kappa shape index (κ1) is 13.1. The van der Waals surface area contributed by atoms with Crippen molar-refractivity contribution in [3.05, 3.63) is 65.2 Å². The van der Waals surface area contributed by atoms with Gasteiger partial charge < -0.3 is 5.32 Å². The Balaban J connectivity index is 1.89. The Morgan fingerprint density at radius 1 is 1.05 bits per heavy atom. The van der Waals surface area contributed by atoms with E-state index in [-0.39, 0.29) is 0 Å². The van der Waals surface area contributed by atoms with Crippen LogP contribution in [0, 0.1) is 0 Å². The Bertz CT molecular complexity index is 584. The van der Waals surface area contributed by atoms with E-state index in [0.29, 0.717) is 10.7 Å². The maximum atomic E-state index is 11.5. The molecule has 0 fully saturated rings. The molecule has 0 saturated heterocycles. The number of anilines is 1. The van der Waals surface area contributed by atoms with Crippen molar-refractivity contribution in [2.75, 3.05) is 5.32 Å². The van der Waals surface area contributed by atoms with Crippen molar-refractivity contribution in [2.45, 2.75) is 0 Å². The Hall–Kier alpha value is -2.33. The first-order valence-electron chi connectivity index (χ1n) is 5.65. The molecular weight excluding hydrogens is 262 g/mol. The van der Waals surface area contributed by atoms with Crippen LogP contribution in [0.1, 0.15) is 5.56 Å². The van der Waals surface area contributed by atoms with Gasteiger partial charge in [0, 0.05) is 16.3 Å². The molecule has 4 nitrogen and oxygen atoms in total. The number of rotatable bonds is 3. The van der Waals surface area contributed by atoms with Gasteiger partial charge in [0.1, 0.15) is 0 Å². The third kappa shape index (κ3) is 4.12. The van der Waals surface area contributed by atoms with E-state index in [2.05, 4.69) is 15.8 Å². The summed E-state index contributed by atoms with van der Waals surface area (Å²) in [4.78, 5) is 11.5. The predicted octanol–water partition coefficient (Wildman–Crippen LogP) is 3.50. The largest absolute Gasteiger partial charge is 0.339 e. The zero-order valence-electron chi connectivity index (χ0n) is 10.0. The van der Waals surface area contributed by atoms with Crippen LogP contribution < -0.4 is 10.7 Å². The molecule has 0 heterocycles. The van der Waals surface area contributed by atoms with Gasteiger partial charge in [-0.25, -0.2) is 10.2 Å². The van der Waals surface area contributed by atoms with E-state index >= 15 is 0 Å². The lowest BCUT2D eigenvalue weighted by atomic mass is 10.2. The van der Waals surface area contributed by atoms with E-state index < -0.39 is 6.03 Å². The zero-order valence-corrected chi connectivity index (χ0v) is 10.8. The summed E-state index contributed by atoms with van der Waals surface area (Å²) in [6.07, 6.45) is 1.49. The van der Waals surface area contributed by atoms with Gasteiger partial charge in [0.05, 0.1) is 6.21 Å².